The average Bonchev–Trinajstić information content (AvgIpc) is 2.04. The van der Waals surface area contributed by atoms with Crippen LogP contribution in [0.3, 0.4) is 0 Å². The zero-order chi connectivity index (χ0) is 8.10. The van der Waals surface area contributed by atoms with Crippen molar-refractivity contribution in [3.8, 4) is 0 Å². The number of ether oxygens (including phenoxy) is 1. The molecule has 0 bridgehead atoms. The second-order valence-electron chi connectivity index (χ2n) is 2.00. The molecule has 0 N–H and O–H groups in total. The van der Waals surface area contributed by atoms with Crippen molar-refractivity contribution in [3.63, 3.8) is 0 Å². The monoisotopic (exact) mass is 169 g/mol. The van der Waals surface area contributed by atoms with Crippen LogP contribution < -0.4 is 0 Å². The minimum absolute atomic E-state index is 0.251. The van der Waals surface area contributed by atoms with E-state index in [0.717, 1.165) is 5.56 Å². The first-order valence-corrected chi connectivity index (χ1v) is 3.44. The fourth-order valence-electron chi connectivity index (χ4n) is 0.693. The Morgan fingerprint density at radius 3 is 2.55 bits per heavy atom. The second-order valence-corrected chi connectivity index (χ2v) is 2.43. The van der Waals surface area contributed by atoms with E-state index in [1.807, 2.05) is 0 Å². The van der Waals surface area contributed by atoms with Crippen LogP contribution in [-0.4, -0.2) is 6.47 Å². The van der Waals surface area contributed by atoms with Crippen molar-refractivity contribution in [1.29, 1.82) is 0 Å². The summed E-state index contributed by atoms with van der Waals surface area (Å²) in [6.07, 6.45) is 0. The number of hydrogen-bond donors (Lipinski definition) is 0. The molecule has 0 aliphatic carbocycles. The maximum Gasteiger partial charge on any atom is 0.417 e. The van der Waals surface area contributed by atoms with Crippen molar-refractivity contribution in [2.75, 3.05) is 0 Å². The minimum Gasteiger partial charge on any atom is -0.452 e. The molecule has 0 saturated carbocycles. The van der Waals surface area contributed by atoms with E-state index in [4.69, 9.17) is 11.6 Å². The van der Waals surface area contributed by atoms with E-state index in [1.54, 1.807) is 24.3 Å². The van der Waals surface area contributed by atoms with Gasteiger partial charge in [-0.15, -0.1) is 0 Å². The molecule has 1 aromatic carbocycles. The molecule has 57 valence electrons. The molecule has 1 aromatic rings. The van der Waals surface area contributed by atoms with E-state index >= 15 is 0 Å². The van der Waals surface area contributed by atoms with Gasteiger partial charge >= 0.3 is 6.47 Å². The third-order valence-electron chi connectivity index (χ3n) is 1.21. The number of rotatable bonds is 3. The molecule has 0 spiro atoms. The molecule has 3 heteroatoms. The van der Waals surface area contributed by atoms with Gasteiger partial charge in [-0.1, -0.05) is 23.7 Å². The maximum absolute atomic E-state index is 9.67. The Balaban J connectivity index is 2.58. The summed E-state index contributed by atoms with van der Waals surface area (Å²) in [4.78, 5) is 9.67. The highest BCUT2D eigenvalue weighted by Crippen LogP contribution is 2.09. The summed E-state index contributed by atoms with van der Waals surface area (Å²) in [6.45, 7) is 1.60. The summed E-state index contributed by atoms with van der Waals surface area (Å²) in [6, 6.07) is 7.06. The standard InChI is InChI=1S/C8H6ClO2/c9-8-3-1-7(2-4-8)5-11-6-10/h1-4H,5H2. The Morgan fingerprint density at radius 1 is 1.36 bits per heavy atom. The third-order valence-corrected chi connectivity index (χ3v) is 1.46. The predicted molar refractivity (Wildman–Crippen MR) is 41.9 cm³/mol. The van der Waals surface area contributed by atoms with Crippen LogP contribution in [0.2, 0.25) is 5.02 Å². The van der Waals surface area contributed by atoms with Gasteiger partial charge in [0.15, 0.2) is 0 Å². The lowest BCUT2D eigenvalue weighted by molar-refractivity contribution is 0.267. The Bertz CT molecular complexity index is 230. The van der Waals surface area contributed by atoms with Crippen LogP contribution in [0.25, 0.3) is 0 Å². The smallest absolute Gasteiger partial charge is 0.417 e. The second kappa shape index (κ2) is 3.98. The van der Waals surface area contributed by atoms with Crippen LogP contribution in [0.4, 0.5) is 0 Å². The van der Waals surface area contributed by atoms with Crippen LogP contribution in [-0.2, 0) is 16.1 Å². The van der Waals surface area contributed by atoms with Gasteiger partial charge in [-0.05, 0) is 17.7 Å². The van der Waals surface area contributed by atoms with E-state index in [0.29, 0.717) is 5.02 Å². The van der Waals surface area contributed by atoms with Crippen molar-refractivity contribution >= 4 is 18.1 Å². The van der Waals surface area contributed by atoms with Gasteiger partial charge in [0.2, 0.25) is 0 Å². The first kappa shape index (κ1) is 8.08. The van der Waals surface area contributed by atoms with Crippen LogP contribution in [0.1, 0.15) is 5.56 Å². The zero-order valence-corrected chi connectivity index (χ0v) is 6.47. The minimum atomic E-state index is 0.251. The fraction of sp³-hybridized carbons (Fsp3) is 0.125. The van der Waals surface area contributed by atoms with E-state index in [-0.39, 0.29) is 6.61 Å². The summed E-state index contributed by atoms with van der Waals surface area (Å²) >= 11 is 5.63. The van der Waals surface area contributed by atoms with Gasteiger partial charge in [-0.3, -0.25) is 0 Å². The molecule has 2 nitrogen and oxygen atoms in total. The quantitative estimate of drug-likeness (QED) is 0.691. The molecule has 1 radical (unpaired) electrons. The molecule has 0 aliphatic heterocycles. The average molecular weight is 170 g/mol. The Morgan fingerprint density at radius 2 is 2.00 bits per heavy atom. The van der Waals surface area contributed by atoms with Crippen LogP contribution in [0.5, 0.6) is 0 Å². The summed E-state index contributed by atoms with van der Waals surface area (Å²) < 4.78 is 4.41. The predicted octanol–water partition coefficient (Wildman–Crippen LogP) is 1.92. The van der Waals surface area contributed by atoms with Crippen molar-refractivity contribution < 1.29 is 9.53 Å². The molecule has 0 atom stereocenters. The van der Waals surface area contributed by atoms with Gasteiger partial charge in [0.1, 0.15) is 6.61 Å². The van der Waals surface area contributed by atoms with Gasteiger partial charge in [0.05, 0.1) is 0 Å². The topological polar surface area (TPSA) is 26.3 Å². The van der Waals surface area contributed by atoms with Gasteiger partial charge in [-0.25, -0.2) is 4.79 Å². The van der Waals surface area contributed by atoms with Crippen molar-refractivity contribution in [3.05, 3.63) is 34.9 Å². The molecule has 0 aliphatic rings. The summed E-state index contributed by atoms with van der Waals surface area (Å²) in [5.41, 5.74) is 0.901. The molecular formula is C8H6ClO2. The van der Waals surface area contributed by atoms with Crippen LogP contribution in [0, 0.1) is 0 Å². The van der Waals surface area contributed by atoms with Gasteiger partial charge in [0, 0.05) is 5.02 Å². The zero-order valence-electron chi connectivity index (χ0n) is 5.71. The van der Waals surface area contributed by atoms with E-state index < -0.39 is 0 Å². The Hall–Kier alpha value is -1.02. The van der Waals surface area contributed by atoms with Gasteiger partial charge in [-0.2, -0.15) is 0 Å². The molecule has 0 unspecified atom stereocenters. The van der Waals surface area contributed by atoms with Crippen molar-refractivity contribution in [2.24, 2.45) is 0 Å². The first-order chi connectivity index (χ1) is 5.33. The fourth-order valence-corrected chi connectivity index (χ4v) is 0.819. The Kier molecular flexibility index (Phi) is 2.93. The van der Waals surface area contributed by atoms with Gasteiger partial charge < -0.3 is 4.74 Å². The molecule has 0 fully saturated rings. The van der Waals surface area contributed by atoms with Crippen LogP contribution in [0.15, 0.2) is 24.3 Å². The highest BCUT2D eigenvalue weighted by Gasteiger charge is 1.91. The molecular weight excluding hydrogens is 164 g/mol. The highest BCUT2D eigenvalue weighted by molar-refractivity contribution is 6.30. The molecule has 0 amide bonds. The lowest BCUT2D eigenvalue weighted by Crippen LogP contribution is -1.88. The first-order valence-electron chi connectivity index (χ1n) is 3.06. The summed E-state index contributed by atoms with van der Waals surface area (Å²) in [7, 11) is 0. The van der Waals surface area contributed by atoms with E-state index in [2.05, 4.69) is 4.74 Å². The molecule has 0 saturated heterocycles. The normalized spacial score (nSPS) is 9.18. The number of benzene rings is 1. The highest BCUT2D eigenvalue weighted by atomic mass is 35.5. The summed E-state index contributed by atoms with van der Waals surface area (Å²) in [5.74, 6) is 0. The largest absolute Gasteiger partial charge is 0.452 e. The number of hydrogen-bond acceptors (Lipinski definition) is 2. The van der Waals surface area contributed by atoms with Crippen LogP contribution >= 0.6 is 11.6 Å². The molecule has 0 heterocycles. The van der Waals surface area contributed by atoms with E-state index in [1.165, 1.54) is 6.47 Å². The third kappa shape index (κ3) is 2.60. The number of carbonyl (C=O) groups excluding carboxylic acids is 1. The molecule has 0 aromatic heterocycles. The molecule has 11 heavy (non-hydrogen) atoms. The summed E-state index contributed by atoms with van der Waals surface area (Å²) in [5, 5.41) is 0.670. The molecule has 1 rings (SSSR count). The van der Waals surface area contributed by atoms with Crippen molar-refractivity contribution in [1.82, 2.24) is 0 Å². The lowest BCUT2D eigenvalue weighted by atomic mass is 10.2. The maximum atomic E-state index is 9.67. The lowest BCUT2D eigenvalue weighted by Gasteiger charge is -1.96. The number of halogens is 1. The Labute approximate surface area is 69.7 Å². The van der Waals surface area contributed by atoms with Crippen molar-refractivity contribution in [2.45, 2.75) is 6.61 Å². The van der Waals surface area contributed by atoms with Gasteiger partial charge in [0.25, 0.3) is 0 Å². The van der Waals surface area contributed by atoms with E-state index in [9.17, 15) is 4.79 Å². The SMILES string of the molecule is O=[C]OCc1ccc(Cl)cc1.